The van der Waals surface area contributed by atoms with Gasteiger partial charge in [0.25, 0.3) is 5.91 Å². The molecule has 0 radical (unpaired) electrons. The van der Waals surface area contributed by atoms with Gasteiger partial charge in [-0.2, -0.15) is 0 Å². The number of hydrogen-bond acceptors (Lipinski definition) is 7. The van der Waals surface area contributed by atoms with Crippen molar-refractivity contribution >= 4 is 34.9 Å². The predicted octanol–water partition coefficient (Wildman–Crippen LogP) is 3.56. The van der Waals surface area contributed by atoms with E-state index in [1.54, 1.807) is 42.6 Å². The first-order valence-electron chi connectivity index (χ1n) is 9.27. The number of aromatic nitrogens is 1. The highest BCUT2D eigenvalue weighted by molar-refractivity contribution is 7.13. The lowest BCUT2D eigenvalue weighted by Gasteiger charge is -2.21. The molecule has 0 saturated heterocycles. The number of carbonyl (C=O) groups is 3. The largest absolute Gasteiger partial charge is 0.465 e. The van der Waals surface area contributed by atoms with E-state index in [1.807, 2.05) is 30.3 Å². The maximum absolute atomic E-state index is 12.7. The second kappa shape index (κ2) is 10.3. The third kappa shape index (κ3) is 5.51. The molecule has 154 valence electrons. The summed E-state index contributed by atoms with van der Waals surface area (Å²) in [6, 6.07) is 18.1. The summed E-state index contributed by atoms with van der Waals surface area (Å²) in [6.07, 6.45) is 0. The van der Waals surface area contributed by atoms with Gasteiger partial charge in [-0.1, -0.05) is 48.5 Å². The monoisotopic (exact) mass is 424 g/mol. The van der Waals surface area contributed by atoms with Gasteiger partial charge in [-0.15, -0.1) is 11.3 Å². The SMILES string of the molecule is CCOC(=O)CN(C(=O)COC(=O)c1csc(-c2ccccc2)n1)c1ccccc1. The molecule has 3 rings (SSSR count). The van der Waals surface area contributed by atoms with E-state index in [9.17, 15) is 14.4 Å². The molecule has 7 nitrogen and oxygen atoms in total. The van der Waals surface area contributed by atoms with Crippen LogP contribution in [0.3, 0.4) is 0 Å². The maximum atomic E-state index is 12.7. The van der Waals surface area contributed by atoms with Crippen LogP contribution in [0.4, 0.5) is 5.69 Å². The zero-order valence-corrected chi connectivity index (χ0v) is 17.1. The van der Waals surface area contributed by atoms with E-state index in [-0.39, 0.29) is 18.8 Å². The summed E-state index contributed by atoms with van der Waals surface area (Å²) in [4.78, 5) is 42.4. The van der Waals surface area contributed by atoms with Crippen molar-refractivity contribution in [1.29, 1.82) is 0 Å². The lowest BCUT2D eigenvalue weighted by Crippen LogP contribution is -2.39. The van der Waals surface area contributed by atoms with Crippen LogP contribution in [-0.2, 0) is 19.1 Å². The first-order chi connectivity index (χ1) is 14.6. The number of esters is 2. The van der Waals surface area contributed by atoms with Crippen molar-refractivity contribution in [2.24, 2.45) is 0 Å². The topological polar surface area (TPSA) is 85.8 Å². The molecule has 3 aromatic rings. The van der Waals surface area contributed by atoms with Crippen molar-refractivity contribution in [2.45, 2.75) is 6.92 Å². The fraction of sp³-hybridized carbons (Fsp3) is 0.182. The normalized spacial score (nSPS) is 10.3. The van der Waals surface area contributed by atoms with Gasteiger partial charge in [0.15, 0.2) is 12.3 Å². The molecule has 0 fully saturated rings. The van der Waals surface area contributed by atoms with Crippen LogP contribution in [0, 0.1) is 0 Å². The van der Waals surface area contributed by atoms with Crippen molar-refractivity contribution in [2.75, 3.05) is 24.7 Å². The standard InChI is InChI=1S/C22H20N2O5S/c1-2-28-20(26)13-24(17-11-7-4-8-12-17)19(25)14-29-22(27)18-15-30-21(23-18)16-9-5-3-6-10-16/h3-12,15H,2,13-14H2,1H3. The van der Waals surface area contributed by atoms with Crippen molar-refractivity contribution in [3.05, 3.63) is 71.7 Å². The van der Waals surface area contributed by atoms with Crippen molar-refractivity contribution in [3.8, 4) is 10.6 Å². The summed E-state index contributed by atoms with van der Waals surface area (Å²) in [5, 5.41) is 2.27. The Labute approximate surface area is 177 Å². The molecular weight excluding hydrogens is 404 g/mol. The molecule has 2 aromatic carbocycles. The number of rotatable bonds is 8. The van der Waals surface area contributed by atoms with Crippen LogP contribution in [0.1, 0.15) is 17.4 Å². The molecule has 0 saturated carbocycles. The minimum absolute atomic E-state index is 0.128. The first-order valence-corrected chi connectivity index (χ1v) is 10.2. The van der Waals surface area contributed by atoms with Crippen LogP contribution < -0.4 is 4.90 Å². The molecule has 0 spiro atoms. The molecule has 1 amide bonds. The Morgan fingerprint density at radius 1 is 0.967 bits per heavy atom. The fourth-order valence-corrected chi connectivity index (χ4v) is 3.42. The van der Waals surface area contributed by atoms with Crippen LogP contribution in [0.25, 0.3) is 10.6 Å². The number of amides is 1. The van der Waals surface area contributed by atoms with Crippen molar-refractivity contribution < 1.29 is 23.9 Å². The summed E-state index contributed by atoms with van der Waals surface area (Å²) < 4.78 is 10.1. The molecule has 0 aliphatic rings. The van der Waals surface area contributed by atoms with Gasteiger partial charge in [0, 0.05) is 16.6 Å². The molecule has 0 aliphatic carbocycles. The molecule has 1 aromatic heterocycles. The highest BCUT2D eigenvalue weighted by Gasteiger charge is 2.22. The van der Waals surface area contributed by atoms with Crippen LogP contribution in [0.2, 0.25) is 0 Å². The first kappa shape index (κ1) is 21.2. The third-order valence-corrected chi connectivity index (χ3v) is 4.91. The molecule has 0 bridgehead atoms. The molecule has 0 aliphatic heterocycles. The minimum atomic E-state index is -0.703. The van der Waals surface area contributed by atoms with E-state index in [1.165, 1.54) is 16.2 Å². The average molecular weight is 424 g/mol. The molecule has 0 N–H and O–H groups in total. The third-order valence-electron chi connectivity index (χ3n) is 4.02. The van der Waals surface area contributed by atoms with Crippen LogP contribution in [0.15, 0.2) is 66.0 Å². The van der Waals surface area contributed by atoms with Gasteiger partial charge in [-0.05, 0) is 19.1 Å². The van der Waals surface area contributed by atoms with E-state index in [2.05, 4.69) is 4.98 Å². The van der Waals surface area contributed by atoms with Crippen LogP contribution in [-0.4, -0.2) is 42.6 Å². The minimum Gasteiger partial charge on any atom is -0.465 e. The Hall–Kier alpha value is -3.52. The molecule has 8 heteroatoms. The summed E-state index contributed by atoms with van der Waals surface area (Å²) >= 11 is 1.31. The number of hydrogen-bond donors (Lipinski definition) is 0. The van der Waals surface area contributed by atoms with E-state index >= 15 is 0 Å². The van der Waals surface area contributed by atoms with Gasteiger partial charge in [0.05, 0.1) is 6.61 Å². The van der Waals surface area contributed by atoms with E-state index in [0.717, 1.165) is 5.56 Å². The Morgan fingerprint density at radius 2 is 1.63 bits per heavy atom. The van der Waals surface area contributed by atoms with Gasteiger partial charge in [0.1, 0.15) is 11.6 Å². The Kier molecular flexibility index (Phi) is 7.29. The van der Waals surface area contributed by atoms with Crippen LogP contribution in [0.5, 0.6) is 0 Å². The number of carbonyl (C=O) groups excluding carboxylic acids is 3. The number of thiazole rings is 1. The molecule has 0 unspecified atom stereocenters. The lowest BCUT2D eigenvalue weighted by atomic mass is 10.2. The lowest BCUT2D eigenvalue weighted by molar-refractivity contribution is -0.142. The Balaban J connectivity index is 1.65. The average Bonchev–Trinajstić information content (AvgIpc) is 3.27. The zero-order chi connectivity index (χ0) is 21.3. The van der Waals surface area contributed by atoms with Gasteiger partial charge < -0.3 is 9.47 Å². The fourth-order valence-electron chi connectivity index (χ4n) is 2.63. The van der Waals surface area contributed by atoms with Gasteiger partial charge in [-0.25, -0.2) is 9.78 Å². The molecular formula is C22H20N2O5S. The van der Waals surface area contributed by atoms with E-state index in [0.29, 0.717) is 10.7 Å². The molecule has 1 heterocycles. The van der Waals surface area contributed by atoms with Gasteiger partial charge >= 0.3 is 11.9 Å². The second-order valence-corrected chi connectivity index (χ2v) is 6.96. The zero-order valence-electron chi connectivity index (χ0n) is 16.3. The Morgan fingerprint density at radius 3 is 2.30 bits per heavy atom. The smallest absolute Gasteiger partial charge is 0.358 e. The Bertz CT molecular complexity index is 1000. The number of anilines is 1. The summed E-state index contributed by atoms with van der Waals surface area (Å²) in [6.45, 7) is 1.10. The second-order valence-electron chi connectivity index (χ2n) is 6.10. The quantitative estimate of drug-likeness (QED) is 0.514. The highest BCUT2D eigenvalue weighted by atomic mass is 32.1. The van der Waals surface area contributed by atoms with Crippen molar-refractivity contribution in [3.63, 3.8) is 0 Å². The number of nitrogens with zero attached hydrogens (tertiary/aromatic N) is 2. The summed E-state index contributed by atoms with van der Waals surface area (Å²) in [5.74, 6) is -1.79. The summed E-state index contributed by atoms with van der Waals surface area (Å²) in [7, 11) is 0. The number of benzene rings is 2. The van der Waals surface area contributed by atoms with Crippen molar-refractivity contribution in [1.82, 2.24) is 4.98 Å². The van der Waals surface area contributed by atoms with Gasteiger partial charge in [-0.3, -0.25) is 14.5 Å². The molecule has 0 atom stereocenters. The highest BCUT2D eigenvalue weighted by Crippen LogP contribution is 2.23. The summed E-state index contributed by atoms with van der Waals surface area (Å²) in [5.41, 5.74) is 1.53. The van der Waals surface area contributed by atoms with Crippen LogP contribution >= 0.6 is 11.3 Å². The van der Waals surface area contributed by atoms with E-state index < -0.39 is 24.5 Å². The number of para-hydroxylation sites is 1. The number of ether oxygens (including phenoxy) is 2. The van der Waals surface area contributed by atoms with E-state index in [4.69, 9.17) is 9.47 Å². The predicted molar refractivity (Wildman–Crippen MR) is 113 cm³/mol. The maximum Gasteiger partial charge on any atom is 0.358 e. The molecule has 30 heavy (non-hydrogen) atoms. The van der Waals surface area contributed by atoms with Gasteiger partial charge in [0.2, 0.25) is 0 Å².